The molecule has 6 atom stereocenters. The van der Waals surface area contributed by atoms with Crippen molar-refractivity contribution in [3.63, 3.8) is 0 Å². The lowest BCUT2D eigenvalue weighted by Crippen LogP contribution is -2.66. The second-order valence-electron chi connectivity index (χ2n) is 3.16. The Balaban J connectivity index is 2.69. The van der Waals surface area contributed by atoms with Gasteiger partial charge in [-0.25, -0.2) is 4.18 Å². The molecule has 6 N–H and O–H groups in total. The molecule has 0 radical (unpaired) electrons. The highest BCUT2D eigenvalue weighted by Gasteiger charge is 2.43. The number of nitrogens with one attached hydrogen (secondary N) is 1. The normalized spacial score (nSPS) is 43.9. The minimum atomic E-state index is -2.62. The Bertz CT molecular complexity index is 238. The Hall–Kier alpha value is -0.130. The number of hydrogen-bond donors (Lipinski definition) is 6. The molecule has 4 unspecified atom stereocenters. The van der Waals surface area contributed by atoms with E-state index in [0.717, 1.165) is 0 Å². The maximum Gasteiger partial charge on any atom is 0.303 e. The first kappa shape index (κ1) is 12.9. The van der Waals surface area contributed by atoms with Crippen LogP contribution in [0.5, 0.6) is 0 Å². The molecule has 90 valence electrons. The van der Waals surface area contributed by atoms with E-state index in [9.17, 15) is 19.5 Å². The van der Waals surface area contributed by atoms with Crippen LogP contribution in [0.2, 0.25) is 0 Å². The van der Waals surface area contributed by atoms with Crippen LogP contribution in [0.4, 0.5) is 0 Å². The Kier molecular flexibility index (Phi) is 4.55. The van der Waals surface area contributed by atoms with Crippen LogP contribution in [0.15, 0.2) is 0 Å². The fraction of sp³-hybridized carbons (Fsp3) is 1.00. The van der Waals surface area contributed by atoms with Gasteiger partial charge in [0, 0.05) is 0 Å². The number of hydrogen-bond acceptors (Lipinski definition) is 7. The van der Waals surface area contributed by atoms with Gasteiger partial charge in [0.15, 0.2) is 6.23 Å². The van der Waals surface area contributed by atoms with Gasteiger partial charge in [0.1, 0.15) is 18.3 Å². The summed E-state index contributed by atoms with van der Waals surface area (Å²) < 4.78 is 23.1. The van der Waals surface area contributed by atoms with Crippen LogP contribution < -0.4 is 5.32 Å². The highest BCUT2D eigenvalue weighted by atomic mass is 32.2. The van der Waals surface area contributed by atoms with Gasteiger partial charge in [-0.3, -0.25) is 9.87 Å². The SMILES string of the molecule is O=S(O)O[C@@H]1NC(CO)[C@H](O)C(O)C1O. The summed E-state index contributed by atoms with van der Waals surface area (Å²) in [6.45, 7) is -0.511. The molecule has 0 aliphatic carbocycles. The van der Waals surface area contributed by atoms with Crippen LogP contribution in [0, 0.1) is 0 Å². The lowest BCUT2D eigenvalue weighted by molar-refractivity contribution is -0.153. The average Bonchev–Trinajstić information content (AvgIpc) is 2.18. The molecule has 0 aromatic rings. The zero-order valence-corrected chi connectivity index (χ0v) is 8.37. The minimum absolute atomic E-state index is 0.511. The molecule has 0 amide bonds. The standard InChI is InChI=1S/C6H13NO7S/c8-1-2-3(9)4(10)5(11)6(7-2)14-15(12)13/h2-11H,1H2,(H,12,13)/t2?,3-,4?,5?,6-/m0/s1. The molecule has 1 aliphatic heterocycles. The molecule has 0 aromatic heterocycles. The van der Waals surface area contributed by atoms with Crippen molar-refractivity contribution < 1.29 is 33.4 Å². The third-order valence-corrected chi connectivity index (χ3v) is 2.56. The molecule has 1 saturated heterocycles. The van der Waals surface area contributed by atoms with Gasteiger partial charge in [0.05, 0.1) is 12.6 Å². The number of rotatable bonds is 3. The van der Waals surface area contributed by atoms with Gasteiger partial charge < -0.3 is 20.4 Å². The minimum Gasteiger partial charge on any atom is -0.395 e. The van der Waals surface area contributed by atoms with Crippen molar-refractivity contribution in [2.24, 2.45) is 0 Å². The zero-order chi connectivity index (χ0) is 11.6. The van der Waals surface area contributed by atoms with Crippen molar-refractivity contribution in [3.8, 4) is 0 Å². The maximum absolute atomic E-state index is 10.3. The largest absolute Gasteiger partial charge is 0.395 e. The van der Waals surface area contributed by atoms with E-state index in [1.807, 2.05) is 0 Å². The molecule has 9 heteroatoms. The van der Waals surface area contributed by atoms with Crippen molar-refractivity contribution in [3.05, 3.63) is 0 Å². The predicted octanol–water partition coefficient (Wildman–Crippen LogP) is -3.49. The van der Waals surface area contributed by atoms with E-state index in [-0.39, 0.29) is 0 Å². The molecule has 1 heterocycles. The average molecular weight is 243 g/mol. The Morgan fingerprint density at radius 2 is 1.80 bits per heavy atom. The van der Waals surface area contributed by atoms with Gasteiger partial charge in [-0.1, -0.05) is 0 Å². The monoisotopic (exact) mass is 243 g/mol. The Labute approximate surface area is 88.0 Å². The summed E-state index contributed by atoms with van der Waals surface area (Å²) in [6, 6.07) is -0.933. The van der Waals surface area contributed by atoms with Crippen molar-refractivity contribution in [1.82, 2.24) is 5.32 Å². The molecule has 15 heavy (non-hydrogen) atoms. The molecule has 1 rings (SSSR count). The van der Waals surface area contributed by atoms with Gasteiger partial charge in [0.25, 0.3) is 0 Å². The molecular weight excluding hydrogens is 230 g/mol. The Morgan fingerprint density at radius 3 is 2.27 bits per heavy atom. The highest BCUT2D eigenvalue weighted by molar-refractivity contribution is 7.74. The van der Waals surface area contributed by atoms with Crippen molar-refractivity contribution >= 4 is 11.4 Å². The molecule has 1 aliphatic rings. The Morgan fingerprint density at radius 1 is 1.20 bits per heavy atom. The lowest BCUT2D eigenvalue weighted by atomic mass is 9.95. The van der Waals surface area contributed by atoms with Gasteiger partial charge in [-0.15, -0.1) is 0 Å². The number of piperidine rings is 1. The van der Waals surface area contributed by atoms with Crippen LogP contribution in [0.1, 0.15) is 0 Å². The first-order valence-electron chi connectivity index (χ1n) is 4.16. The number of aliphatic hydroxyl groups is 4. The van der Waals surface area contributed by atoms with E-state index >= 15 is 0 Å². The lowest BCUT2D eigenvalue weighted by Gasteiger charge is -2.39. The maximum atomic E-state index is 10.3. The van der Waals surface area contributed by atoms with E-state index in [2.05, 4.69) is 9.50 Å². The van der Waals surface area contributed by atoms with E-state index < -0.39 is 48.5 Å². The van der Waals surface area contributed by atoms with Crippen LogP contribution in [0.25, 0.3) is 0 Å². The summed E-state index contributed by atoms with van der Waals surface area (Å²) in [7, 11) is 0. The summed E-state index contributed by atoms with van der Waals surface area (Å²) in [5.74, 6) is 0. The fourth-order valence-corrected chi connectivity index (χ4v) is 1.71. The van der Waals surface area contributed by atoms with Gasteiger partial charge in [0.2, 0.25) is 0 Å². The van der Waals surface area contributed by atoms with Crippen molar-refractivity contribution in [1.29, 1.82) is 0 Å². The summed E-state index contributed by atoms with van der Waals surface area (Å²) in [4.78, 5) is 0. The van der Waals surface area contributed by atoms with E-state index in [4.69, 9.17) is 9.66 Å². The smallest absolute Gasteiger partial charge is 0.303 e. The van der Waals surface area contributed by atoms with Crippen LogP contribution >= 0.6 is 0 Å². The van der Waals surface area contributed by atoms with Crippen molar-refractivity contribution in [2.45, 2.75) is 30.6 Å². The third kappa shape index (κ3) is 2.92. The van der Waals surface area contributed by atoms with E-state index in [1.165, 1.54) is 0 Å². The molecule has 8 nitrogen and oxygen atoms in total. The summed E-state index contributed by atoms with van der Waals surface area (Å²) in [6.07, 6.45) is -5.82. The summed E-state index contributed by atoms with van der Waals surface area (Å²) >= 11 is -2.62. The van der Waals surface area contributed by atoms with Crippen molar-refractivity contribution in [2.75, 3.05) is 6.61 Å². The first-order valence-corrected chi connectivity index (χ1v) is 5.19. The molecular formula is C6H13NO7S. The van der Waals surface area contributed by atoms with Crippen LogP contribution in [-0.4, -0.2) is 66.4 Å². The molecule has 0 aromatic carbocycles. The second kappa shape index (κ2) is 5.27. The predicted molar refractivity (Wildman–Crippen MR) is 47.7 cm³/mol. The van der Waals surface area contributed by atoms with E-state index in [0.29, 0.717) is 0 Å². The molecule has 0 saturated carbocycles. The molecule has 0 bridgehead atoms. The van der Waals surface area contributed by atoms with Crippen LogP contribution in [-0.2, 0) is 15.5 Å². The zero-order valence-electron chi connectivity index (χ0n) is 7.55. The summed E-state index contributed by atoms with van der Waals surface area (Å²) in [5, 5.41) is 39.2. The quantitative estimate of drug-likeness (QED) is 0.281. The molecule has 0 spiro atoms. The third-order valence-electron chi connectivity index (χ3n) is 2.18. The van der Waals surface area contributed by atoms with Gasteiger partial charge in [-0.05, 0) is 0 Å². The topological polar surface area (TPSA) is 139 Å². The number of aliphatic hydroxyl groups excluding tert-OH is 4. The molecule has 1 fully saturated rings. The van der Waals surface area contributed by atoms with Crippen LogP contribution in [0.3, 0.4) is 0 Å². The first-order chi connectivity index (χ1) is 6.97. The highest BCUT2D eigenvalue weighted by Crippen LogP contribution is 2.16. The van der Waals surface area contributed by atoms with Gasteiger partial charge >= 0.3 is 11.4 Å². The second-order valence-corrected chi connectivity index (χ2v) is 3.79. The van der Waals surface area contributed by atoms with Gasteiger partial charge in [-0.2, -0.15) is 4.21 Å². The van der Waals surface area contributed by atoms with E-state index in [1.54, 1.807) is 0 Å². The summed E-state index contributed by atoms with van der Waals surface area (Å²) in [5.41, 5.74) is 0. The fourth-order valence-electron chi connectivity index (χ4n) is 1.36.